The highest BCUT2D eigenvalue weighted by Gasteiger charge is 2.25. The molecule has 7 nitrogen and oxygen atoms in total. The zero-order valence-electron chi connectivity index (χ0n) is 15.6. The summed E-state index contributed by atoms with van der Waals surface area (Å²) in [7, 11) is -3.84. The number of carbonyl (C=O) groups excluding carboxylic acids is 1. The Morgan fingerprint density at radius 3 is 2.33 bits per heavy atom. The number of hydrogen-bond donors (Lipinski definition) is 2. The van der Waals surface area contributed by atoms with E-state index in [4.69, 9.17) is 9.47 Å². The van der Waals surface area contributed by atoms with Crippen LogP contribution < -0.4 is 19.5 Å². The molecule has 2 N–H and O–H groups in total. The fraction of sp³-hybridized carbons (Fsp3) is 0.316. The van der Waals surface area contributed by atoms with Crippen LogP contribution in [0.1, 0.15) is 23.6 Å². The van der Waals surface area contributed by atoms with E-state index < -0.39 is 22.0 Å². The molecule has 0 saturated heterocycles. The van der Waals surface area contributed by atoms with E-state index in [0.717, 1.165) is 5.56 Å². The maximum Gasteiger partial charge on any atom is 0.242 e. The molecule has 2 aromatic rings. The summed E-state index contributed by atoms with van der Waals surface area (Å²) in [4.78, 5) is 12.6. The minimum atomic E-state index is -3.84. The molecule has 0 aliphatic carbocycles. The Bertz CT molecular complexity index is 978. The summed E-state index contributed by atoms with van der Waals surface area (Å²) in [5.74, 6) is 0.666. The highest BCUT2D eigenvalue weighted by Crippen LogP contribution is 2.34. The Morgan fingerprint density at radius 1 is 1.04 bits per heavy atom. The number of rotatable bonds is 5. The number of anilines is 1. The van der Waals surface area contributed by atoms with Gasteiger partial charge >= 0.3 is 0 Å². The summed E-state index contributed by atoms with van der Waals surface area (Å²) in [5, 5.41) is 2.68. The van der Waals surface area contributed by atoms with E-state index in [1.165, 1.54) is 6.92 Å². The molecule has 0 saturated carbocycles. The first-order valence-electron chi connectivity index (χ1n) is 8.48. The van der Waals surface area contributed by atoms with Crippen LogP contribution in [0.4, 0.5) is 5.69 Å². The van der Waals surface area contributed by atoms with Crippen molar-refractivity contribution in [3.8, 4) is 11.5 Å². The average molecular weight is 390 g/mol. The van der Waals surface area contributed by atoms with Gasteiger partial charge in [-0.2, -0.15) is 4.72 Å². The Kier molecular flexibility index (Phi) is 5.12. The maximum atomic E-state index is 12.8. The van der Waals surface area contributed by atoms with Crippen LogP contribution in [0.25, 0.3) is 0 Å². The summed E-state index contributed by atoms with van der Waals surface area (Å²) >= 11 is 0. The van der Waals surface area contributed by atoms with Crippen molar-refractivity contribution >= 4 is 21.6 Å². The zero-order chi connectivity index (χ0) is 19.8. The number of sulfonamides is 1. The summed E-state index contributed by atoms with van der Waals surface area (Å²) < 4.78 is 38.5. The smallest absolute Gasteiger partial charge is 0.242 e. The molecule has 0 radical (unpaired) electrons. The third-order valence-electron chi connectivity index (χ3n) is 4.24. The molecule has 144 valence electrons. The Balaban J connectivity index is 1.74. The van der Waals surface area contributed by atoms with Crippen molar-refractivity contribution in [1.29, 1.82) is 0 Å². The first-order valence-corrected chi connectivity index (χ1v) is 9.96. The van der Waals surface area contributed by atoms with Crippen LogP contribution in [-0.2, 0) is 14.8 Å². The minimum absolute atomic E-state index is 0.137. The predicted molar refractivity (Wildman–Crippen MR) is 102 cm³/mol. The van der Waals surface area contributed by atoms with E-state index in [2.05, 4.69) is 10.0 Å². The molecular formula is C19H22N2O5S. The molecule has 8 heteroatoms. The van der Waals surface area contributed by atoms with Crippen molar-refractivity contribution in [1.82, 2.24) is 4.72 Å². The highest BCUT2D eigenvalue weighted by molar-refractivity contribution is 7.89. The van der Waals surface area contributed by atoms with Gasteiger partial charge in [0, 0.05) is 11.8 Å². The molecule has 3 rings (SSSR count). The monoisotopic (exact) mass is 390 g/mol. The quantitative estimate of drug-likeness (QED) is 0.819. The van der Waals surface area contributed by atoms with Crippen molar-refractivity contribution in [3.05, 3.63) is 47.0 Å². The normalized spacial score (nSPS) is 14.1. The number of aryl methyl sites for hydroxylation is 3. The van der Waals surface area contributed by atoms with Crippen molar-refractivity contribution < 1.29 is 22.7 Å². The number of amides is 1. The fourth-order valence-electron chi connectivity index (χ4n) is 3.16. The lowest BCUT2D eigenvalue weighted by molar-refractivity contribution is -0.117. The summed E-state index contributed by atoms with van der Waals surface area (Å²) in [5.41, 5.74) is 2.77. The molecule has 1 unspecified atom stereocenters. The number of carbonyl (C=O) groups is 1. The van der Waals surface area contributed by atoms with Gasteiger partial charge in [-0.15, -0.1) is 0 Å². The SMILES string of the molecule is Cc1cc(C)c(S(=O)(=O)NC(C)C(=O)Nc2ccc3c(c2)OCO3)c(C)c1. The van der Waals surface area contributed by atoms with Crippen LogP contribution in [-0.4, -0.2) is 27.2 Å². The first-order chi connectivity index (χ1) is 12.7. The van der Waals surface area contributed by atoms with E-state index in [-0.39, 0.29) is 11.7 Å². The van der Waals surface area contributed by atoms with Gasteiger partial charge in [0.2, 0.25) is 22.7 Å². The van der Waals surface area contributed by atoms with E-state index in [1.54, 1.807) is 44.2 Å². The standard InChI is InChI=1S/C19H22N2O5S/c1-11-7-12(2)18(13(3)8-11)27(23,24)21-14(4)19(22)20-15-5-6-16-17(9-15)26-10-25-16/h5-9,14,21H,10H2,1-4H3,(H,20,22). The number of hydrogen-bond acceptors (Lipinski definition) is 5. The molecule has 1 heterocycles. The number of benzene rings is 2. The maximum absolute atomic E-state index is 12.8. The highest BCUT2D eigenvalue weighted by atomic mass is 32.2. The Hall–Kier alpha value is -2.58. The molecule has 2 aromatic carbocycles. The van der Waals surface area contributed by atoms with Gasteiger partial charge in [0.1, 0.15) is 0 Å². The second-order valence-electron chi connectivity index (χ2n) is 6.63. The van der Waals surface area contributed by atoms with Crippen LogP contribution in [0, 0.1) is 20.8 Å². The second kappa shape index (κ2) is 7.21. The van der Waals surface area contributed by atoms with Gasteiger partial charge in [-0.05, 0) is 51.0 Å². The van der Waals surface area contributed by atoms with Crippen LogP contribution in [0.3, 0.4) is 0 Å². The van der Waals surface area contributed by atoms with Crippen LogP contribution in [0.15, 0.2) is 35.2 Å². The Labute approximate surface area is 158 Å². The van der Waals surface area contributed by atoms with E-state index >= 15 is 0 Å². The van der Waals surface area contributed by atoms with Crippen molar-refractivity contribution in [2.24, 2.45) is 0 Å². The number of ether oxygens (including phenoxy) is 2. The fourth-order valence-corrected chi connectivity index (χ4v) is 4.82. The lowest BCUT2D eigenvalue weighted by Gasteiger charge is -2.17. The van der Waals surface area contributed by atoms with E-state index in [0.29, 0.717) is 28.3 Å². The number of fused-ring (bicyclic) bond motifs is 1. The molecule has 0 fully saturated rings. The van der Waals surface area contributed by atoms with Gasteiger partial charge in [-0.1, -0.05) is 17.7 Å². The molecule has 0 aromatic heterocycles. The summed E-state index contributed by atoms with van der Waals surface area (Å²) in [6, 6.07) is 7.64. The first kappa shape index (κ1) is 19.2. The molecule has 1 aliphatic rings. The summed E-state index contributed by atoms with van der Waals surface area (Å²) in [6.45, 7) is 7.03. The van der Waals surface area contributed by atoms with Gasteiger partial charge in [-0.25, -0.2) is 8.42 Å². The Morgan fingerprint density at radius 2 is 1.67 bits per heavy atom. The van der Waals surface area contributed by atoms with Crippen LogP contribution >= 0.6 is 0 Å². The minimum Gasteiger partial charge on any atom is -0.454 e. The van der Waals surface area contributed by atoms with Crippen LogP contribution in [0.5, 0.6) is 11.5 Å². The van der Waals surface area contributed by atoms with Gasteiger partial charge in [-0.3, -0.25) is 4.79 Å². The third-order valence-corrected chi connectivity index (χ3v) is 6.08. The predicted octanol–water partition coefficient (Wildman–Crippen LogP) is 2.65. The zero-order valence-corrected chi connectivity index (χ0v) is 16.4. The second-order valence-corrected chi connectivity index (χ2v) is 8.28. The van der Waals surface area contributed by atoms with E-state index in [1.807, 2.05) is 6.92 Å². The number of nitrogens with one attached hydrogen (secondary N) is 2. The molecule has 0 spiro atoms. The van der Waals surface area contributed by atoms with Crippen molar-refractivity contribution in [2.45, 2.75) is 38.6 Å². The van der Waals surface area contributed by atoms with Gasteiger partial charge in [0.05, 0.1) is 10.9 Å². The molecular weight excluding hydrogens is 368 g/mol. The van der Waals surface area contributed by atoms with Crippen molar-refractivity contribution in [3.63, 3.8) is 0 Å². The molecule has 1 amide bonds. The third kappa shape index (κ3) is 4.06. The molecule has 0 bridgehead atoms. The summed E-state index contributed by atoms with van der Waals surface area (Å²) in [6.07, 6.45) is 0. The molecule has 1 aliphatic heterocycles. The van der Waals surface area contributed by atoms with Crippen LogP contribution in [0.2, 0.25) is 0 Å². The molecule has 1 atom stereocenters. The average Bonchev–Trinajstić information content (AvgIpc) is 3.00. The lowest BCUT2D eigenvalue weighted by atomic mass is 10.1. The van der Waals surface area contributed by atoms with E-state index in [9.17, 15) is 13.2 Å². The topological polar surface area (TPSA) is 93.7 Å². The lowest BCUT2D eigenvalue weighted by Crippen LogP contribution is -2.41. The van der Waals surface area contributed by atoms with Gasteiger partial charge in [0.15, 0.2) is 11.5 Å². The molecule has 27 heavy (non-hydrogen) atoms. The van der Waals surface area contributed by atoms with Gasteiger partial charge < -0.3 is 14.8 Å². The largest absolute Gasteiger partial charge is 0.454 e. The van der Waals surface area contributed by atoms with Crippen molar-refractivity contribution in [2.75, 3.05) is 12.1 Å². The van der Waals surface area contributed by atoms with Gasteiger partial charge in [0.25, 0.3) is 0 Å².